The summed E-state index contributed by atoms with van der Waals surface area (Å²) in [6, 6.07) is -0.375. The third kappa shape index (κ3) is 2.92. The number of imidazole rings is 1. The van der Waals surface area contributed by atoms with Crippen molar-refractivity contribution in [3.63, 3.8) is 0 Å². The zero-order valence-corrected chi connectivity index (χ0v) is 17.5. The molecular formula is C16H15N4NaO5S. The Balaban J connectivity index is 0.00000210. The summed E-state index contributed by atoms with van der Waals surface area (Å²) in [4.78, 5) is 40.7. The molecule has 4 heterocycles. The molecule has 3 atom stereocenters. The number of carbonyl (C=O) groups excluding carboxylic acids is 3. The molecule has 9 nitrogen and oxygen atoms in total. The average Bonchev–Trinajstić information content (AvgIpc) is 3.24. The van der Waals surface area contributed by atoms with E-state index >= 15 is 0 Å². The van der Waals surface area contributed by atoms with Gasteiger partial charge in [-0.25, -0.2) is 4.98 Å². The maximum absolute atomic E-state index is 12.3. The van der Waals surface area contributed by atoms with Crippen LogP contribution in [0.15, 0.2) is 17.4 Å². The first kappa shape index (κ1) is 20.0. The van der Waals surface area contributed by atoms with Gasteiger partial charge in [0.1, 0.15) is 11.2 Å². The third-order valence-corrected chi connectivity index (χ3v) is 5.92. The Labute approximate surface area is 180 Å². The van der Waals surface area contributed by atoms with Crippen molar-refractivity contribution in [1.29, 1.82) is 0 Å². The van der Waals surface area contributed by atoms with E-state index in [-0.39, 0.29) is 47.8 Å². The number of aromatic nitrogens is 2. The Morgan fingerprint density at radius 3 is 2.96 bits per heavy atom. The molecule has 0 saturated carbocycles. The van der Waals surface area contributed by atoms with Gasteiger partial charge in [0.2, 0.25) is 12.3 Å². The second kappa shape index (κ2) is 7.36. The Hall–Kier alpha value is -1.72. The summed E-state index contributed by atoms with van der Waals surface area (Å²) in [5.41, 5.74) is 1.65. The number of carboxylic acid groups (broad SMARTS) is 1. The summed E-state index contributed by atoms with van der Waals surface area (Å²) >= 11 is 1.37. The standard InChI is InChI=1S/C16H16N4O5S.Na/c1-7(22)12-10-2-8(13(16(24)25)20(10)14(12)23)11-4-26-15-9(3-17-6-21)18-5-19(11)15;/h4-7,10,12,22H,2-3H2,1H3,(H,17,21)(H,24,25);/q;+1/p-1/t7-,10-,12-;/m1./s1. The molecule has 2 aromatic heterocycles. The number of fused-ring (bicyclic) bond motifs is 2. The topological polar surface area (TPSA) is 127 Å². The van der Waals surface area contributed by atoms with Crippen LogP contribution in [0.25, 0.3) is 10.4 Å². The molecule has 27 heavy (non-hydrogen) atoms. The normalized spacial score (nSPS) is 22.3. The number of thiazole rings is 1. The summed E-state index contributed by atoms with van der Waals surface area (Å²) in [6.45, 7) is 1.80. The first-order valence-corrected chi connectivity index (χ1v) is 8.90. The molecule has 4 rings (SSSR count). The molecule has 0 aliphatic carbocycles. The van der Waals surface area contributed by atoms with E-state index in [0.29, 0.717) is 29.8 Å². The number of carboxylic acids is 1. The van der Waals surface area contributed by atoms with Gasteiger partial charge in [-0.15, -0.1) is 11.3 Å². The van der Waals surface area contributed by atoms with Crippen molar-refractivity contribution in [2.24, 2.45) is 5.92 Å². The van der Waals surface area contributed by atoms with Crippen LogP contribution in [0.4, 0.5) is 0 Å². The molecule has 1 saturated heterocycles. The summed E-state index contributed by atoms with van der Waals surface area (Å²) in [6.07, 6.45) is 1.63. The first-order valence-electron chi connectivity index (χ1n) is 8.02. The zero-order chi connectivity index (χ0) is 18.6. The van der Waals surface area contributed by atoms with Gasteiger partial charge in [-0.1, -0.05) is 0 Å². The molecule has 0 radical (unpaired) electrons. The quantitative estimate of drug-likeness (QED) is 0.288. The maximum atomic E-state index is 12.3. The number of hydrogen-bond acceptors (Lipinski definition) is 7. The van der Waals surface area contributed by atoms with Gasteiger partial charge in [-0.2, -0.15) is 0 Å². The predicted molar refractivity (Wildman–Crippen MR) is 88.3 cm³/mol. The van der Waals surface area contributed by atoms with Gasteiger partial charge in [-0.3, -0.25) is 14.0 Å². The minimum absolute atomic E-state index is 0. The number of nitrogens with one attached hydrogen (secondary N) is 1. The van der Waals surface area contributed by atoms with E-state index in [4.69, 9.17) is 0 Å². The van der Waals surface area contributed by atoms with Crippen LogP contribution in [-0.2, 0) is 20.9 Å². The smallest absolute Gasteiger partial charge is 0.543 e. The number of nitrogens with zero attached hydrogens (tertiary/aromatic N) is 3. The van der Waals surface area contributed by atoms with Crippen LogP contribution in [-0.4, -0.2) is 49.8 Å². The van der Waals surface area contributed by atoms with Crippen LogP contribution in [0.2, 0.25) is 0 Å². The van der Waals surface area contributed by atoms with Crippen LogP contribution < -0.4 is 40.0 Å². The minimum atomic E-state index is -1.41. The molecular weight excluding hydrogens is 383 g/mol. The molecule has 2 aromatic rings. The van der Waals surface area contributed by atoms with Crippen molar-refractivity contribution >= 4 is 40.0 Å². The van der Waals surface area contributed by atoms with Gasteiger partial charge in [0.25, 0.3) is 0 Å². The van der Waals surface area contributed by atoms with E-state index in [2.05, 4.69) is 10.3 Å². The van der Waals surface area contributed by atoms with Gasteiger partial charge in [0.15, 0.2) is 0 Å². The van der Waals surface area contributed by atoms with E-state index in [9.17, 15) is 24.6 Å². The number of carbonyl (C=O) groups is 3. The minimum Gasteiger partial charge on any atom is -0.543 e. The summed E-state index contributed by atoms with van der Waals surface area (Å²) in [5.74, 6) is -2.42. The molecule has 2 aliphatic heterocycles. The second-order valence-electron chi connectivity index (χ2n) is 6.35. The van der Waals surface area contributed by atoms with Gasteiger partial charge < -0.3 is 25.2 Å². The molecule has 11 heteroatoms. The fourth-order valence-corrected chi connectivity index (χ4v) is 4.80. The first-order chi connectivity index (χ1) is 12.5. The Morgan fingerprint density at radius 2 is 2.33 bits per heavy atom. The van der Waals surface area contributed by atoms with Crippen molar-refractivity contribution in [3.05, 3.63) is 28.8 Å². The van der Waals surface area contributed by atoms with Gasteiger partial charge in [0, 0.05) is 11.0 Å². The van der Waals surface area contributed by atoms with Crippen LogP contribution in [0.1, 0.15) is 24.7 Å². The van der Waals surface area contributed by atoms with Gasteiger partial charge in [-0.05, 0) is 13.3 Å². The Bertz CT molecular complexity index is 965. The number of β-lactam (4-membered cyclic amide) rings is 1. The van der Waals surface area contributed by atoms with Crippen molar-refractivity contribution < 1.29 is 54.2 Å². The summed E-state index contributed by atoms with van der Waals surface area (Å²) in [7, 11) is 0. The van der Waals surface area contributed by atoms with E-state index in [1.807, 2.05) is 0 Å². The molecule has 2 aliphatic rings. The number of aliphatic hydroxyl groups is 1. The largest absolute Gasteiger partial charge is 1.00 e. The van der Waals surface area contributed by atoms with Gasteiger partial charge >= 0.3 is 29.6 Å². The van der Waals surface area contributed by atoms with Crippen molar-refractivity contribution in [2.75, 3.05) is 0 Å². The van der Waals surface area contributed by atoms with Gasteiger partial charge in [0.05, 0.1) is 47.7 Å². The molecule has 2 N–H and O–H groups in total. The van der Waals surface area contributed by atoms with E-state index < -0.39 is 23.9 Å². The summed E-state index contributed by atoms with van der Waals surface area (Å²) < 4.78 is 1.75. The zero-order valence-electron chi connectivity index (χ0n) is 14.7. The number of rotatable bonds is 6. The van der Waals surface area contributed by atoms with Crippen LogP contribution in [0.5, 0.6) is 0 Å². The Morgan fingerprint density at radius 1 is 1.59 bits per heavy atom. The molecule has 1 fully saturated rings. The second-order valence-corrected chi connectivity index (χ2v) is 7.20. The number of amides is 2. The third-order valence-electron chi connectivity index (χ3n) is 4.92. The molecule has 0 spiro atoms. The van der Waals surface area contributed by atoms with E-state index in [0.717, 1.165) is 4.83 Å². The van der Waals surface area contributed by atoms with Crippen LogP contribution >= 0.6 is 11.3 Å². The van der Waals surface area contributed by atoms with Crippen molar-refractivity contribution in [2.45, 2.75) is 32.0 Å². The molecule has 0 bridgehead atoms. The average molecular weight is 398 g/mol. The number of aliphatic carboxylic acids is 1. The Kier molecular flexibility index (Phi) is 5.46. The molecule has 136 valence electrons. The van der Waals surface area contributed by atoms with Crippen LogP contribution in [0, 0.1) is 5.92 Å². The summed E-state index contributed by atoms with van der Waals surface area (Å²) in [5, 5.41) is 25.9. The monoisotopic (exact) mass is 398 g/mol. The van der Waals surface area contributed by atoms with Crippen molar-refractivity contribution in [3.8, 4) is 0 Å². The molecule has 0 aromatic carbocycles. The number of hydrogen-bond donors (Lipinski definition) is 2. The number of aliphatic hydroxyl groups excluding tert-OH is 1. The fourth-order valence-electron chi connectivity index (χ4n) is 3.80. The molecule has 0 unspecified atom stereocenters. The van der Waals surface area contributed by atoms with E-state index in [1.165, 1.54) is 23.2 Å². The predicted octanol–water partition coefficient (Wildman–Crippen LogP) is -4.28. The fraction of sp³-hybridized carbons (Fsp3) is 0.375. The maximum Gasteiger partial charge on any atom is 1.00 e. The van der Waals surface area contributed by atoms with Crippen molar-refractivity contribution in [1.82, 2.24) is 19.6 Å². The van der Waals surface area contributed by atoms with Crippen LogP contribution in [0.3, 0.4) is 0 Å². The molecule has 2 amide bonds. The van der Waals surface area contributed by atoms with E-state index in [1.54, 1.807) is 16.1 Å². The SMILES string of the molecule is C[C@@H](O)[C@H]1C(=O)N2C(C(=O)[O-])=C(c3csc4c(CNC=O)ncn34)C[C@H]12.[Na+].